The van der Waals surface area contributed by atoms with Crippen LogP contribution in [0.15, 0.2) is 6.33 Å². The third kappa shape index (κ3) is 1.96. The van der Waals surface area contributed by atoms with Crippen LogP contribution >= 0.6 is 0 Å². The van der Waals surface area contributed by atoms with E-state index >= 15 is 0 Å². The fourth-order valence-electron chi connectivity index (χ4n) is 2.77. The third-order valence-electron chi connectivity index (χ3n) is 3.46. The molecule has 2 unspecified atom stereocenters. The van der Waals surface area contributed by atoms with Crippen molar-refractivity contribution in [3.63, 3.8) is 0 Å². The Balaban J connectivity index is 2.42. The normalized spacial score (nSPS) is 18.6. The van der Waals surface area contributed by atoms with E-state index in [-0.39, 0.29) is 12.0 Å². The number of hydrogen-bond donors (Lipinski definition) is 1. The molecule has 16 heavy (non-hydrogen) atoms. The molecule has 0 bridgehead atoms. The summed E-state index contributed by atoms with van der Waals surface area (Å²) in [7, 11) is 0. The van der Waals surface area contributed by atoms with Crippen molar-refractivity contribution in [2.24, 2.45) is 5.92 Å². The number of aliphatic hydroxyl groups excluding tert-OH is 1. The Morgan fingerprint density at radius 2 is 1.94 bits per heavy atom. The maximum Gasteiger partial charge on any atom is 0.115 e. The van der Waals surface area contributed by atoms with Gasteiger partial charge >= 0.3 is 0 Å². The lowest BCUT2D eigenvalue weighted by Crippen LogP contribution is -2.23. The van der Waals surface area contributed by atoms with Gasteiger partial charge in [-0.05, 0) is 37.7 Å². The largest absolute Gasteiger partial charge is 0.393 e. The number of fused-ring (bicyclic) bond motifs is 1. The second-order valence-corrected chi connectivity index (χ2v) is 5.05. The zero-order chi connectivity index (χ0) is 11.7. The monoisotopic (exact) mass is 220 g/mol. The Bertz CT molecular complexity index is 366. The molecule has 0 amide bonds. The van der Waals surface area contributed by atoms with Gasteiger partial charge in [0, 0.05) is 11.6 Å². The molecule has 2 rings (SSSR count). The average Bonchev–Trinajstić information content (AvgIpc) is 2.65. The van der Waals surface area contributed by atoms with Crippen LogP contribution in [0.1, 0.15) is 50.1 Å². The predicted octanol–water partition coefficient (Wildman–Crippen LogP) is 2.09. The Morgan fingerprint density at radius 1 is 1.19 bits per heavy atom. The van der Waals surface area contributed by atoms with E-state index in [2.05, 4.69) is 23.8 Å². The van der Waals surface area contributed by atoms with Gasteiger partial charge in [-0.25, -0.2) is 9.97 Å². The van der Waals surface area contributed by atoms with E-state index in [0.717, 1.165) is 18.5 Å². The maximum atomic E-state index is 9.91. The van der Waals surface area contributed by atoms with Gasteiger partial charge in [0.15, 0.2) is 0 Å². The minimum Gasteiger partial charge on any atom is -0.393 e. The smallest absolute Gasteiger partial charge is 0.115 e. The second-order valence-electron chi connectivity index (χ2n) is 5.05. The molecular formula is C13H20N2O. The Labute approximate surface area is 96.9 Å². The predicted molar refractivity (Wildman–Crippen MR) is 63.3 cm³/mol. The zero-order valence-electron chi connectivity index (χ0n) is 10.3. The quantitative estimate of drug-likeness (QED) is 0.848. The third-order valence-corrected chi connectivity index (χ3v) is 3.46. The summed E-state index contributed by atoms with van der Waals surface area (Å²) < 4.78 is 0. The van der Waals surface area contributed by atoms with Crippen LogP contribution in [0, 0.1) is 5.92 Å². The number of rotatable bonds is 3. The van der Waals surface area contributed by atoms with Crippen LogP contribution in [0.5, 0.6) is 0 Å². The van der Waals surface area contributed by atoms with Gasteiger partial charge in [0.05, 0.1) is 11.8 Å². The van der Waals surface area contributed by atoms with Crippen LogP contribution in [-0.2, 0) is 12.8 Å². The lowest BCUT2D eigenvalue weighted by molar-refractivity contribution is 0.137. The van der Waals surface area contributed by atoms with E-state index in [4.69, 9.17) is 0 Å². The highest BCUT2D eigenvalue weighted by atomic mass is 16.3. The molecule has 0 radical (unpaired) electrons. The van der Waals surface area contributed by atoms with Crippen molar-refractivity contribution in [2.75, 3.05) is 0 Å². The highest BCUT2D eigenvalue weighted by Gasteiger charge is 2.28. The van der Waals surface area contributed by atoms with Gasteiger partial charge in [0.1, 0.15) is 6.33 Å². The molecule has 3 nitrogen and oxygen atoms in total. The maximum absolute atomic E-state index is 9.91. The van der Waals surface area contributed by atoms with Crippen LogP contribution < -0.4 is 0 Å². The first kappa shape index (κ1) is 11.5. The van der Waals surface area contributed by atoms with Crippen molar-refractivity contribution in [2.45, 2.75) is 52.1 Å². The Morgan fingerprint density at radius 3 is 2.56 bits per heavy atom. The van der Waals surface area contributed by atoms with Crippen molar-refractivity contribution >= 4 is 0 Å². The van der Waals surface area contributed by atoms with Gasteiger partial charge in [-0.1, -0.05) is 13.8 Å². The molecule has 0 spiro atoms. The van der Waals surface area contributed by atoms with Crippen molar-refractivity contribution in [3.05, 3.63) is 23.3 Å². The lowest BCUT2D eigenvalue weighted by Gasteiger charge is -2.25. The summed E-state index contributed by atoms with van der Waals surface area (Å²) in [6.45, 7) is 6.13. The van der Waals surface area contributed by atoms with Gasteiger partial charge in [-0.2, -0.15) is 0 Å². The molecule has 0 aliphatic heterocycles. The first-order chi connectivity index (χ1) is 7.61. The molecule has 1 aliphatic carbocycles. The summed E-state index contributed by atoms with van der Waals surface area (Å²) in [6, 6.07) is 0. The van der Waals surface area contributed by atoms with Crippen LogP contribution in [-0.4, -0.2) is 21.2 Å². The van der Waals surface area contributed by atoms with Gasteiger partial charge in [-0.15, -0.1) is 0 Å². The summed E-state index contributed by atoms with van der Waals surface area (Å²) >= 11 is 0. The molecule has 1 N–H and O–H groups in total. The summed E-state index contributed by atoms with van der Waals surface area (Å²) in [5.74, 6) is 0.537. The van der Waals surface area contributed by atoms with E-state index in [9.17, 15) is 5.11 Å². The molecular weight excluding hydrogens is 200 g/mol. The van der Waals surface area contributed by atoms with Crippen LogP contribution in [0.3, 0.4) is 0 Å². The highest BCUT2D eigenvalue weighted by Crippen LogP contribution is 2.33. The molecule has 1 aliphatic rings. The molecule has 1 aromatic heterocycles. The van der Waals surface area contributed by atoms with Crippen molar-refractivity contribution in [3.8, 4) is 0 Å². The van der Waals surface area contributed by atoms with Crippen LogP contribution in [0.2, 0.25) is 0 Å². The number of aryl methyl sites for hydroxylation is 1. The molecule has 0 fully saturated rings. The molecule has 0 saturated heterocycles. The van der Waals surface area contributed by atoms with Crippen molar-refractivity contribution < 1.29 is 5.11 Å². The molecule has 0 aromatic carbocycles. The summed E-state index contributed by atoms with van der Waals surface area (Å²) in [5, 5.41) is 9.91. The van der Waals surface area contributed by atoms with E-state index in [1.165, 1.54) is 17.7 Å². The van der Waals surface area contributed by atoms with Gasteiger partial charge in [0.2, 0.25) is 0 Å². The Hall–Kier alpha value is -0.960. The van der Waals surface area contributed by atoms with E-state index in [1.54, 1.807) is 6.33 Å². The molecule has 1 heterocycles. The lowest BCUT2D eigenvalue weighted by atomic mass is 9.85. The first-order valence-electron chi connectivity index (χ1n) is 6.12. The summed E-state index contributed by atoms with van der Waals surface area (Å²) in [6.07, 6.45) is 4.61. The minimum absolute atomic E-state index is 0.134. The Kier molecular flexibility index (Phi) is 3.24. The molecule has 3 heteroatoms. The fraction of sp³-hybridized carbons (Fsp3) is 0.692. The summed E-state index contributed by atoms with van der Waals surface area (Å²) in [4.78, 5) is 8.75. The number of aliphatic hydroxyl groups is 1. The van der Waals surface area contributed by atoms with E-state index in [0.29, 0.717) is 5.92 Å². The number of aromatic nitrogens is 2. The molecule has 0 saturated carbocycles. The molecule has 2 atom stereocenters. The van der Waals surface area contributed by atoms with E-state index < -0.39 is 0 Å². The topological polar surface area (TPSA) is 46.0 Å². The SMILES string of the molecule is CC(C)C(c1ncnc2c1CCC2)C(C)O. The van der Waals surface area contributed by atoms with Crippen LogP contribution in [0.25, 0.3) is 0 Å². The minimum atomic E-state index is -0.348. The first-order valence-corrected chi connectivity index (χ1v) is 6.12. The van der Waals surface area contributed by atoms with Crippen molar-refractivity contribution in [1.82, 2.24) is 9.97 Å². The second kappa shape index (κ2) is 4.50. The standard InChI is InChI=1S/C13H20N2O/c1-8(2)12(9(3)16)13-10-5-4-6-11(10)14-7-15-13/h7-9,12,16H,4-6H2,1-3H3. The summed E-state index contributed by atoms with van der Waals surface area (Å²) in [5.41, 5.74) is 3.56. The van der Waals surface area contributed by atoms with Crippen molar-refractivity contribution in [1.29, 1.82) is 0 Å². The number of hydrogen-bond acceptors (Lipinski definition) is 3. The molecule has 1 aromatic rings. The average molecular weight is 220 g/mol. The fourth-order valence-corrected chi connectivity index (χ4v) is 2.77. The van der Waals surface area contributed by atoms with Gasteiger partial charge in [-0.3, -0.25) is 0 Å². The van der Waals surface area contributed by atoms with Gasteiger partial charge < -0.3 is 5.11 Å². The molecule has 88 valence electrons. The zero-order valence-corrected chi connectivity index (χ0v) is 10.3. The highest BCUT2D eigenvalue weighted by molar-refractivity contribution is 5.32. The van der Waals surface area contributed by atoms with Crippen LogP contribution in [0.4, 0.5) is 0 Å². The van der Waals surface area contributed by atoms with Gasteiger partial charge in [0.25, 0.3) is 0 Å². The number of nitrogens with zero attached hydrogens (tertiary/aromatic N) is 2. The van der Waals surface area contributed by atoms with E-state index in [1.807, 2.05) is 6.92 Å².